The van der Waals surface area contributed by atoms with Crippen molar-refractivity contribution in [1.82, 2.24) is 0 Å². The first-order valence-electron chi connectivity index (χ1n) is 6.09. The molecule has 1 aromatic carbocycles. The molecule has 0 atom stereocenters. The van der Waals surface area contributed by atoms with Gasteiger partial charge in [-0.25, -0.2) is 0 Å². The van der Waals surface area contributed by atoms with E-state index in [1.807, 2.05) is 24.3 Å². The van der Waals surface area contributed by atoms with Gasteiger partial charge in [-0.3, -0.25) is 4.79 Å². The first kappa shape index (κ1) is 14.1. The topological polar surface area (TPSA) is 26.3 Å². The van der Waals surface area contributed by atoms with E-state index < -0.39 is 0 Å². The zero-order valence-corrected chi connectivity index (χ0v) is 11.4. The highest BCUT2D eigenvalue weighted by Gasteiger charge is 2.09. The summed E-state index contributed by atoms with van der Waals surface area (Å²) in [5, 5.41) is 0. The molecule has 1 rings (SSSR count). The van der Waals surface area contributed by atoms with Gasteiger partial charge in [-0.15, -0.1) is 12.6 Å². The molecule has 0 saturated heterocycles. The summed E-state index contributed by atoms with van der Waals surface area (Å²) in [6.45, 7) is 4.78. The Hall–Kier alpha value is -0.960. The molecule has 0 heterocycles. The molecule has 1 aromatic rings. The Bertz CT molecular complexity index is 342. The highest BCUT2D eigenvalue weighted by atomic mass is 32.1. The number of esters is 1. The standard InChI is InChI=1S/C14H20O2S/c1-3-11(4-2)10-16-14(15)9-12-5-7-13(17)8-6-12/h5-8,11,17H,3-4,9-10H2,1-2H3. The summed E-state index contributed by atoms with van der Waals surface area (Å²) >= 11 is 4.20. The summed E-state index contributed by atoms with van der Waals surface area (Å²) in [4.78, 5) is 12.5. The molecule has 2 nitrogen and oxygen atoms in total. The Balaban J connectivity index is 2.37. The van der Waals surface area contributed by atoms with Crippen LogP contribution in [0, 0.1) is 5.92 Å². The maximum absolute atomic E-state index is 11.6. The molecule has 0 aromatic heterocycles. The molecule has 94 valence electrons. The molecule has 0 saturated carbocycles. The summed E-state index contributed by atoms with van der Waals surface area (Å²) in [5.74, 6) is 0.336. The van der Waals surface area contributed by atoms with Crippen molar-refractivity contribution in [3.8, 4) is 0 Å². The van der Waals surface area contributed by atoms with Crippen molar-refractivity contribution in [1.29, 1.82) is 0 Å². The Morgan fingerprint density at radius 2 is 1.82 bits per heavy atom. The number of hydrogen-bond donors (Lipinski definition) is 1. The van der Waals surface area contributed by atoms with Gasteiger partial charge in [0.1, 0.15) is 0 Å². The molecular formula is C14H20O2S. The summed E-state index contributed by atoms with van der Waals surface area (Å²) in [7, 11) is 0. The third kappa shape index (κ3) is 5.26. The van der Waals surface area contributed by atoms with Gasteiger partial charge in [0, 0.05) is 4.90 Å². The molecule has 0 bridgehead atoms. The number of rotatable bonds is 6. The van der Waals surface area contributed by atoms with Crippen molar-refractivity contribution < 1.29 is 9.53 Å². The van der Waals surface area contributed by atoms with Gasteiger partial charge in [0.25, 0.3) is 0 Å². The van der Waals surface area contributed by atoms with Gasteiger partial charge in [0.05, 0.1) is 13.0 Å². The lowest BCUT2D eigenvalue weighted by molar-refractivity contribution is -0.144. The molecule has 0 N–H and O–H groups in total. The summed E-state index contributed by atoms with van der Waals surface area (Å²) in [6.07, 6.45) is 2.45. The Morgan fingerprint density at radius 3 is 2.35 bits per heavy atom. The number of thiol groups is 1. The van der Waals surface area contributed by atoms with Crippen LogP contribution in [0.2, 0.25) is 0 Å². The van der Waals surface area contributed by atoms with Gasteiger partial charge >= 0.3 is 5.97 Å². The molecule has 0 radical (unpaired) electrons. The van der Waals surface area contributed by atoms with E-state index in [1.54, 1.807) is 0 Å². The molecule has 3 heteroatoms. The molecular weight excluding hydrogens is 232 g/mol. The van der Waals surface area contributed by atoms with Crippen molar-refractivity contribution in [3.63, 3.8) is 0 Å². The average molecular weight is 252 g/mol. The van der Waals surface area contributed by atoms with Crippen LogP contribution in [0.4, 0.5) is 0 Å². The Labute approximate surface area is 109 Å². The van der Waals surface area contributed by atoms with E-state index in [1.165, 1.54) is 0 Å². The van der Waals surface area contributed by atoms with Crippen molar-refractivity contribution in [2.75, 3.05) is 6.61 Å². The summed E-state index contributed by atoms with van der Waals surface area (Å²) in [5.41, 5.74) is 0.970. The normalized spacial score (nSPS) is 10.6. The SMILES string of the molecule is CCC(CC)COC(=O)Cc1ccc(S)cc1. The number of ether oxygens (including phenoxy) is 1. The molecule has 0 spiro atoms. The van der Waals surface area contributed by atoms with Crippen LogP contribution in [0.1, 0.15) is 32.3 Å². The van der Waals surface area contributed by atoms with Crippen molar-refractivity contribution in [3.05, 3.63) is 29.8 Å². The highest BCUT2D eigenvalue weighted by Crippen LogP contribution is 2.11. The minimum absolute atomic E-state index is 0.149. The second-order valence-corrected chi connectivity index (χ2v) is 4.73. The monoisotopic (exact) mass is 252 g/mol. The van der Waals surface area contributed by atoms with Gasteiger partial charge in [-0.1, -0.05) is 38.8 Å². The summed E-state index contributed by atoms with van der Waals surface area (Å²) in [6, 6.07) is 7.57. The van der Waals surface area contributed by atoms with Crippen LogP contribution in [-0.2, 0) is 16.0 Å². The zero-order valence-electron chi connectivity index (χ0n) is 10.5. The Kier molecular flexibility index (Phi) is 6.12. The van der Waals surface area contributed by atoms with E-state index in [2.05, 4.69) is 26.5 Å². The predicted molar refractivity (Wildman–Crippen MR) is 72.4 cm³/mol. The van der Waals surface area contributed by atoms with E-state index >= 15 is 0 Å². The van der Waals surface area contributed by atoms with E-state index in [4.69, 9.17) is 4.74 Å². The van der Waals surface area contributed by atoms with Crippen LogP contribution < -0.4 is 0 Å². The number of benzene rings is 1. The van der Waals surface area contributed by atoms with Gasteiger partial charge in [-0.2, -0.15) is 0 Å². The van der Waals surface area contributed by atoms with E-state index in [0.29, 0.717) is 18.9 Å². The number of carbonyl (C=O) groups is 1. The quantitative estimate of drug-likeness (QED) is 0.619. The van der Waals surface area contributed by atoms with Crippen LogP contribution >= 0.6 is 12.6 Å². The molecule has 0 aliphatic carbocycles. The van der Waals surface area contributed by atoms with Crippen molar-refractivity contribution in [2.45, 2.75) is 38.0 Å². The molecule has 0 aliphatic heterocycles. The van der Waals surface area contributed by atoms with Crippen LogP contribution in [0.3, 0.4) is 0 Å². The van der Waals surface area contributed by atoms with Crippen molar-refractivity contribution in [2.24, 2.45) is 5.92 Å². The number of hydrogen-bond acceptors (Lipinski definition) is 3. The minimum Gasteiger partial charge on any atom is -0.465 e. The predicted octanol–water partition coefficient (Wildman–Crippen LogP) is 3.50. The fourth-order valence-electron chi connectivity index (χ4n) is 1.57. The second-order valence-electron chi connectivity index (χ2n) is 4.21. The maximum Gasteiger partial charge on any atom is 0.310 e. The van der Waals surface area contributed by atoms with Gasteiger partial charge in [0.15, 0.2) is 0 Å². The van der Waals surface area contributed by atoms with Crippen molar-refractivity contribution >= 4 is 18.6 Å². The van der Waals surface area contributed by atoms with E-state index in [9.17, 15) is 4.79 Å². The molecule has 0 unspecified atom stereocenters. The molecule has 0 fully saturated rings. The lowest BCUT2D eigenvalue weighted by atomic mass is 10.1. The van der Waals surface area contributed by atoms with Crippen LogP contribution in [0.25, 0.3) is 0 Å². The third-order valence-electron chi connectivity index (χ3n) is 2.92. The van der Waals surface area contributed by atoms with Crippen LogP contribution in [0.5, 0.6) is 0 Å². The average Bonchev–Trinajstić information content (AvgIpc) is 2.33. The van der Waals surface area contributed by atoms with Crippen LogP contribution in [0.15, 0.2) is 29.2 Å². The number of carbonyl (C=O) groups excluding carboxylic acids is 1. The fourth-order valence-corrected chi connectivity index (χ4v) is 1.72. The van der Waals surface area contributed by atoms with Gasteiger partial charge < -0.3 is 4.74 Å². The third-order valence-corrected chi connectivity index (χ3v) is 3.22. The van der Waals surface area contributed by atoms with Crippen LogP contribution in [-0.4, -0.2) is 12.6 Å². The minimum atomic E-state index is -0.149. The van der Waals surface area contributed by atoms with E-state index in [0.717, 1.165) is 23.3 Å². The first-order chi connectivity index (χ1) is 8.15. The zero-order chi connectivity index (χ0) is 12.7. The molecule has 0 amide bonds. The Morgan fingerprint density at radius 1 is 1.24 bits per heavy atom. The summed E-state index contributed by atoms with van der Waals surface area (Å²) < 4.78 is 5.26. The highest BCUT2D eigenvalue weighted by molar-refractivity contribution is 7.80. The lowest BCUT2D eigenvalue weighted by Gasteiger charge is -2.12. The second kappa shape index (κ2) is 7.38. The molecule has 0 aliphatic rings. The van der Waals surface area contributed by atoms with Gasteiger partial charge in [-0.05, 0) is 23.6 Å². The first-order valence-corrected chi connectivity index (χ1v) is 6.54. The molecule has 17 heavy (non-hydrogen) atoms. The lowest BCUT2D eigenvalue weighted by Crippen LogP contribution is -2.14. The van der Waals surface area contributed by atoms with E-state index in [-0.39, 0.29) is 5.97 Å². The maximum atomic E-state index is 11.6. The smallest absolute Gasteiger partial charge is 0.310 e. The van der Waals surface area contributed by atoms with Gasteiger partial charge in [0.2, 0.25) is 0 Å². The largest absolute Gasteiger partial charge is 0.465 e. The fraction of sp³-hybridized carbons (Fsp3) is 0.500.